The molecular formula is C24H31N3O4S. The average Bonchev–Trinajstić information content (AvgIpc) is 3.53. The molecule has 4 rings (SSSR count). The van der Waals surface area contributed by atoms with E-state index in [2.05, 4.69) is 10.2 Å². The molecule has 2 fully saturated rings. The molecule has 2 aromatic rings. The van der Waals surface area contributed by atoms with Gasteiger partial charge in [0.1, 0.15) is 5.75 Å². The van der Waals surface area contributed by atoms with E-state index in [1.54, 1.807) is 25.3 Å². The number of nitrogens with zero attached hydrogens (tertiary/aromatic N) is 2. The van der Waals surface area contributed by atoms with Crippen molar-refractivity contribution in [3.05, 3.63) is 48.0 Å². The van der Waals surface area contributed by atoms with Gasteiger partial charge in [-0.3, -0.25) is 4.79 Å². The minimum absolute atomic E-state index is 0.117. The van der Waals surface area contributed by atoms with Crippen LogP contribution in [0.15, 0.2) is 47.4 Å². The number of benzene rings is 2. The van der Waals surface area contributed by atoms with E-state index in [1.807, 2.05) is 24.3 Å². The third-order valence-electron chi connectivity index (χ3n) is 6.20. The van der Waals surface area contributed by atoms with Crippen LogP contribution in [0.5, 0.6) is 5.75 Å². The molecule has 2 heterocycles. The van der Waals surface area contributed by atoms with Gasteiger partial charge in [-0.25, -0.2) is 8.42 Å². The fourth-order valence-corrected chi connectivity index (χ4v) is 5.96. The van der Waals surface area contributed by atoms with E-state index in [1.165, 1.54) is 22.8 Å². The second-order valence-electron chi connectivity index (χ2n) is 8.37. The van der Waals surface area contributed by atoms with Gasteiger partial charge in [0.15, 0.2) is 0 Å². The number of methoxy groups -OCH3 is 1. The van der Waals surface area contributed by atoms with Crippen LogP contribution in [0.2, 0.25) is 0 Å². The second kappa shape index (κ2) is 9.92. The predicted octanol–water partition coefficient (Wildman–Crippen LogP) is 3.65. The SMILES string of the molecule is COc1ccc(S(=O)(=O)N2CCCC2)cc1CCC(=O)Nc1ccc(N2CCCC2)cc1. The smallest absolute Gasteiger partial charge is 0.243 e. The molecule has 0 aliphatic carbocycles. The van der Waals surface area contributed by atoms with Crippen LogP contribution in [0.1, 0.15) is 37.7 Å². The number of nitrogens with one attached hydrogen (secondary N) is 1. The first-order chi connectivity index (χ1) is 15.5. The number of carbonyl (C=O) groups excluding carboxylic acids is 1. The summed E-state index contributed by atoms with van der Waals surface area (Å²) in [5.74, 6) is 0.474. The molecule has 172 valence electrons. The van der Waals surface area contributed by atoms with Crippen molar-refractivity contribution in [2.45, 2.75) is 43.4 Å². The number of hydrogen-bond donors (Lipinski definition) is 1. The summed E-state index contributed by atoms with van der Waals surface area (Å²) in [4.78, 5) is 15.1. The predicted molar refractivity (Wildman–Crippen MR) is 126 cm³/mol. The van der Waals surface area contributed by atoms with E-state index < -0.39 is 10.0 Å². The number of carbonyl (C=O) groups is 1. The van der Waals surface area contributed by atoms with E-state index in [0.29, 0.717) is 30.8 Å². The molecular weight excluding hydrogens is 426 g/mol. The topological polar surface area (TPSA) is 79.0 Å². The number of ether oxygens (including phenoxy) is 1. The summed E-state index contributed by atoms with van der Waals surface area (Å²) in [6.07, 6.45) is 4.86. The highest BCUT2D eigenvalue weighted by Crippen LogP contribution is 2.28. The van der Waals surface area contributed by atoms with E-state index in [-0.39, 0.29) is 17.2 Å². The van der Waals surface area contributed by atoms with Crippen LogP contribution >= 0.6 is 0 Å². The third kappa shape index (κ3) is 5.07. The molecule has 2 aliphatic heterocycles. The number of amides is 1. The maximum atomic E-state index is 12.9. The van der Waals surface area contributed by atoms with Gasteiger partial charge in [0, 0.05) is 44.0 Å². The first kappa shape index (κ1) is 22.6. The van der Waals surface area contributed by atoms with Gasteiger partial charge in [0.05, 0.1) is 12.0 Å². The third-order valence-corrected chi connectivity index (χ3v) is 8.09. The molecule has 2 aromatic carbocycles. The quantitative estimate of drug-likeness (QED) is 0.655. The molecule has 2 aliphatic rings. The highest BCUT2D eigenvalue weighted by molar-refractivity contribution is 7.89. The van der Waals surface area contributed by atoms with Crippen LogP contribution in [-0.2, 0) is 21.2 Å². The molecule has 0 saturated carbocycles. The van der Waals surface area contributed by atoms with E-state index in [9.17, 15) is 13.2 Å². The maximum Gasteiger partial charge on any atom is 0.243 e. The van der Waals surface area contributed by atoms with Crippen molar-refractivity contribution in [1.29, 1.82) is 0 Å². The van der Waals surface area contributed by atoms with Crippen LogP contribution in [0.25, 0.3) is 0 Å². The summed E-state index contributed by atoms with van der Waals surface area (Å²) < 4.78 is 32.7. The molecule has 0 unspecified atom stereocenters. The number of rotatable bonds is 8. The van der Waals surface area contributed by atoms with E-state index in [0.717, 1.165) is 31.6 Å². The first-order valence-corrected chi connectivity index (χ1v) is 12.7. The summed E-state index contributed by atoms with van der Waals surface area (Å²) >= 11 is 0. The van der Waals surface area contributed by atoms with Gasteiger partial charge in [-0.1, -0.05) is 0 Å². The largest absolute Gasteiger partial charge is 0.496 e. The van der Waals surface area contributed by atoms with Gasteiger partial charge in [0.25, 0.3) is 0 Å². The van der Waals surface area contributed by atoms with Gasteiger partial charge >= 0.3 is 0 Å². The zero-order chi connectivity index (χ0) is 22.6. The van der Waals surface area contributed by atoms with Crippen molar-refractivity contribution in [2.75, 3.05) is 43.5 Å². The number of anilines is 2. The fraction of sp³-hybridized carbons (Fsp3) is 0.458. The molecule has 1 N–H and O–H groups in total. The van der Waals surface area contributed by atoms with Gasteiger partial charge in [-0.2, -0.15) is 4.31 Å². The molecule has 0 spiro atoms. The molecule has 0 radical (unpaired) electrons. The summed E-state index contributed by atoms with van der Waals surface area (Å²) in [6, 6.07) is 12.8. The van der Waals surface area contributed by atoms with Crippen LogP contribution in [0.4, 0.5) is 11.4 Å². The average molecular weight is 458 g/mol. The molecule has 2 saturated heterocycles. The molecule has 0 bridgehead atoms. The highest BCUT2D eigenvalue weighted by atomic mass is 32.2. The van der Waals surface area contributed by atoms with Crippen LogP contribution in [-0.4, -0.2) is 51.9 Å². The van der Waals surface area contributed by atoms with Gasteiger partial charge in [0.2, 0.25) is 15.9 Å². The van der Waals surface area contributed by atoms with Crippen molar-refractivity contribution in [3.8, 4) is 5.75 Å². The van der Waals surface area contributed by atoms with Gasteiger partial charge in [-0.05, 0) is 80.1 Å². The van der Waals surface area contributed by atoms with E-state index in [4.69, 9.17) is 4.74 Å². The van der Waals surface area contributed by atoms with E-state index >= 15 is 0 Å². The minimum Gasteiger partial charge on any atom is -0.496 e. The minimum atomic E-state index is -3.51. The monoisotopic (exact) mass is 457 g/mol. The molecule has 0 aromatic heterocycles. The Labute approximate surface area is 190 Å². The first-order valence-electron chi connectivity index (χ1n) is 11.3. The normalized spacial score (nSPS) is 17.0. The molecule has 8 heteroatoms. The molecule has 1 amide bonds. The van der Waals surface area contributed by atoms with Crippen LogP contribution in [0, 0.1) is 0 Å². The Morgan fingerprint density at radius 3 is 2.28 bits per heavy atom. The van der Waals surface area contributed by atoms with Crippen molar-refractivity contribution in [2.24, 2.45) is 0 Å². The Hall–Kier alpha value is -2.58. The van der Waals surface area contributed by atoms with Crippen molar-refractivity contribution in [3.63, 3.8) is 0 Å². The van der Waals surface area contributed by atoms with Crippen molar-refractivity contribution >= 4 is 27.3 Å². The Morgan fingerprint density at radius 1 is 0.969 bits per heavy atom. The second-order valence-corrected chi connectivity index (χ2v) is 10.3. The standard InChI is InChI=1S/C24H31N3O4S/c1-31-23-12-11-22(32(29,30)27-16-4-5-17-27)18-19(23)6-13-24(28)25-20-7-9-21(10-8-20)26-14-2-3-15-26/h7-12,18H,2-6,13-17H2,1H3,(H,25,28). The summed E-state index contributed by atoms with van der Waals surface area (Å²) in [6.45, 7) is 3.28. The zero-order valence-corrected chi connectivity index (χ0v) is 19.4. The lowest BCUT2D eigenvalue weighted by molar-refractivity contribution is -0.116. The van der Waals surface area contributed by atoms with Crippen molar-refractivity contribution < 1.29 is 17.9 Å². The maximum absolute atomic E-state index is 12.9. The Bertz CT molecular complexity index is 1040. The van der Waals surface area contributed by atoms with Gasteiger partial charge < -0.3 is 15.0 Å². The molecule has 0 atom stereocenters. The lowest BCUT2D eigenvalue weighted by Crippen LogP contribution is -2.28. The van der Waals surface area contributed by atoms with Crippen LogP contribution in [0.3, 0.4) is 0 Å². The Balaban J connectivity index is 1.39. The summed E-state index contributed by atoms with van der Waals surface area (Å²) in [7, 11) is -1.96. The summed E-state index contributed by atoms with van der Waals surface area (Å²) in [5.41, 5.74) is 2.66. The fourth-order valence-electron chi connectivity index (χ4n) is 4.39. The highest BCUT2D eigenvalue weighted by Gasteiger charge is 2.27. The number of sulfonamides is 1. The molecule has 32 heavy (non-hydrogen) atoms. The number of hydrogen-bond acceptors (Lipinski definition) is 5. The van der Waals surface area contributed by atoms with Crippen molar-refractivity contribution in [1.82, 2.24) is 4.31 Å². The Morgan fingerprint density at radius 2 is 1.62 bits per heavy atom. The Kier molecular flexibility index (Phi) is 7.01. The lowest BCUT2D eigenvalue weighted by atomic mass is 10.1. The lowest BCUT2D eigenvalue weighted by Gasteiger charge is -2.18. The van der Waals surface area contributed by atoms with Crippen LogP contribution < -0.4 is 15.0 Å². The van der Waals surface area contributed by atoms with Gasteiger partial charge in [-0.15, -0.1) is 0 Å². The summed E-state index contributed by atoms with van der Waals surface area (Å²) in [5, 5.41) is 2.93. The number of aryl methyl sites for hydroxylation is 1. The zero-order valence-electron chi connectivity index (χ0n) is 18.5. The molecule has 7 nitrogen and oxygen atoms in total.